The van der Waals surface area contributed by atoms with Crippen molar-refractivity contribution in [1.29, 1.82) is 0 Å². The molecule has 1 aromatic heterocycles. The first kappa shape index (κ1) is 19.5. The van der Waals surface area contributed by atoms with Crippen molar-refractivity contribution in [3.8, 4) is 0 Å². The minimum absolute atomic E-state index is 0.201. The van der Waals surface area contributed by atoms with Crippen LogP contribution >= 0.6 is 0 Å². The SMILES string of the molecule is CC1CCN(Cc2ccc(C(=O)N3CC(C(=O)O)C4(CCOCC4)C3)o2)CC1. The Morgan fingerprint density at radius 3 is 2.61 bits per heavy atom. The van der Waals surface area contributed by atoms with Gasteiger partial charge >= 0.3 is 5.97 Å². The number of carbonyl (C=O) groups is 2. The molecule has 1 aromatic rings. The van der Waals surface area contributed by atoms with E-state index in [1.165, 1.54) is 12.8 Å². The standard InChI is InChI=1S/C21H30N2O5/c1-15-4-8-22(9-5-15)12-16-2-3-18(28-16)19(24)23-13-17(20(25)26)21(14-23)6-10-27-11-7-21/h2-3,15,17H,4-14H2,1H3,(H,25,26). The Morgan fingerprint density at radius 2 is 1.93 bits per heavy atom. The van der Waals surface area contributed by atoms with Crippen LogP contribution in [0.1, 0.15) is 48.9 Å². The molecule has 3 aliphatic heterocycles. The van der Waals surface area contributed by atoms with E-state index in [0.29, 0.717) is 38.4 Å². The van der Waals surface area contributed by atoms with E-state index < -0.39 is 11.9 Å². The lowest BCUT2D eigenvalue weighted by Crippen LogP contribution is -2.40. The zero-order chi connectivity index (χ0) is 19.7. The number of likely N-dealkylation sites (tertiary alicyclic amines) is 2. The van der Waals surface area contributed by atoms with Crippen molar-refractivity contribution in [2.24, 2.45) is 17.3 Å². The molecule has 3 saturated heterocycles. The van der Waals surface area contributed by atoms with Gasteiger partial charge in [0.2, 0.25) is 0 Å². The van der Waals surface area contributed by atoms with Crippen molar-refractivity contribution in [2.75, 3.05) is 39.4 Å². The van der Waals surface area contributed by atoms with Crippen LogP contribution < -0.4 is 0 Å². The number of hydrogen-bond donors (Lipinski definition) is 1. The fraction of sp³-hybridized carbons (Fsp3) is 0.714. The number of ether oxygens (including phenoxy) is 1. The molecule has 4 heterocycles. The van der Waals surface area contributed by atoms with Crippen molar-refractivity contribution < 1.29 is 23.8 Å². The highest BCUT2D eigenvalue weighted by Gasteiger charge is 2.52. The topological polar surface area (TPSA) is 83.2 Å². The van der Waals surface area contributed by atoms with Gasteiger partial charge in [0, 0.05) is 31.7 Å². The summed E-state index contributed by atoms with van der Waals surface area (Å²) in [6.45, 7) is 6.95. The predicted octanol–water partition coefficient (Wildman–Crippen LogP) is 2.46. The summed E-state index contributed by atoms with van der Waals surface area (Å²) in [6.07, 6.45) is 3.76. The summed E-state index contributed by atoms with van der Waals surface area (Å²) in [5.74, 6) is 0.330. The van der Waals surface area contributed by atoms with Gasteiger partial charge < -0.3 is 19.2 Å². The zero-order valence-corrected chi connectivity index (χ0v) is 16.6. The molecule has 4 rings (SSSR count). The Bertz CT molecular complexity index is 716. The number of aliphatic carboxylic acids is 1. The van der Waals surface area contributed by atoms with E-state index >= 15 is 0 Å². The van der Waals surface area contributed by atoms with Crippen LogP contribution in [0.3, 0.4) is 0 Å². The van der Waals surface area contributed by atoms with E-state index in [-0.39, 0.29) is 17.9 Å². The normalized spacial score (nSPS) is 26.0. The predicted molar refractivity (Wildman–Crippen MR) is 102 cm³/mol. The van der Waals surface area contributed by atoms with Crippen molar-refractivity contribution in [2.45, 2.75) is 39.2 Å². The van der Waals surface area contributed by atoms with Crippen LogP contribution in [-0.4, -0.2) is 66.2 Å². The average Bonchev–Trinajstić information content (AvgIpc) is 3.29. The third kappa shape index (κ3) is 3.82. The number of carbonyl (C=O) groups excluding carboxylic acids is 1. The number of carboxylic acids is 1. The van der Waals surface area contributed by atoms with E-state index in [1.54, 1.807) is 11.0 Å². The third-order valence-corrected chi connectivity index (χ3v) is 6.85. The number of furan rings is 1. The maximum Gasteiger partial charge on any atom is 0.308 e. The largest absolute Gasteiger partial charge is 0.481 e. The highest BCUT2D eigenvalue weighted by Crippen LogP contribution is 2.44. The number of hydrogen-bond acceptors (Lipinski definition) is 5. The molecule has 7 heteroatoms. The first-order valence-electron chi connectivity index (χ1n) is 10.4. The van der Waals surface area contributed by atoms with Gasteiger partial charge in [-0.15, -0.1) is 0 Å². The van der Waals surface area contributed by atoms with Crippen molar-refractivity contribution >= 4 is 11.9 Å². The second-order valence-corrected chi connectivity index (χ2v) is 8.78. The molecule has 0 aromatic carbocycles. The van der Waals surface area contributed by atoms with Crippen LogP contribution in [0.15, 0.2) is 16.5 Å². The van der Waals surface area contributed by atoms with Gasteiger partial charge in [0.05, 0.1) is 12.5 Å². The summed E-state index contributed by atoms with van der Waals surface area (Å²) in [7, 11) is 0. The van der Waals surface area contributed by atoms with Crippen LogP contribution in [0.5, 0.6) is 0 Å². The summed E-state index contributed by atoms with van der Waals surface area (Å²) in [6, 6.07) is 3.61. The Hall–Kier alpha value is -1.86. The van der Waals surface area contributed by atoms with Gasteiger partial charge in [-0.05, 0) is 56.8 Å². The summed E-state index contributed by atoms with van der Waals surface area (Å²) in [5.41, 5.74) is -0.375. The molecular weight excluding hydrogens is 360 g/mol. The van der Waals surface area contributed by atoms with Gasteiger partial charge in [0.1, 0.15) is 5.76 Å². The molecule has 3 aliphatic rings. The molecule has 0 saturated carbocycles. The molecule has 3 fully saturated rings. The van der Waals surface area contributed by atoms with Crippen molar-refractivity contribution in [1.82, 2.24) is 9.80 Å². The highest BCUT2D eigenvalue weighted by atomic mass is 16.5. The Balaban J connectivity index is 1.42. The van der Waals surface area contributed by atoms with Gasteiger partial charge in [-0.1, -0.05) is 6.92 Å². The first-order chi connectivity index (χ1) is 13.5. The van der Waals surface area contributed by atoms with E-state index in [2.05, 4.69) is 11.8 Å². The maximum atomic E-state index is 13.0. The molecule has 28 heavy (non-hydrogen) atoms. The molecule has 7 nitrogen and oxygen atoms in total. The van der Waals surface area contributed by atoms with Crippen molar-refractivity contribution in [3.05, 3.63) is 23.7 Å². The second-order valence-electron chi connectivity index (χ2n) is 8.78. The minimum Gasteiger partial charge on any atom is -0.481 e. The lowest BCUT2D eigenvalue weighted by molar-refractivity contribution is -0.146. The lowest BCUT2D eigenvalue weighted by atomic mass is 9.72. The summed E-state index contributed by atoms with van der Waals surface area (Å²) in [5, 5.41) is 9.70. The van der Waals surface area contributed by atoms with Crippen LogP contribution in [0.4, 0.5) is 0 Å². The minimum atomic E-state index is -0.823. The van der Waals surface area contributed by atoms with Crippen LogP contribution in [0.25, 0.3) is 0 Å². The molecule has 0 radical (unpaired) electrons. The monoisotopic (exact) mass is 390 g/mol. The molecule has 1 amide bonds. The van der Waals surface area contributed by atoms with Gasteiger partial charge in [0.15, 0.2) is 5.76 Å². The fourth-order valence-corrected chi connectivity index (χ4v) is 4.92. The Labute approximate surface area is 165 Å². The molecule has 1 atom stereocenters. The molecule has 1 spiro atoms. The summed E-state index contributed by atoms with van der Waals surface area (Å²) >= 11 is 0. The highest BCUT2D eigenvalue weighted by molar-refractivity contribution is 5.92. The maximum absolute atomic E-state index is 13.0. The Kier molecular flexibility index (Phi) is 5.47. The molecule has 0 aliphatic carbocycles. The summed E-state index contributed by atoms with van der Waals surface area (Å²) < 4.78 is 11.3. The van der Waals surface area contributed by atoms with Gasteiger partial charge in [-0.2, -0.15) is 0 Å². The van der Waals surface area contributed by atoms with E-state index in [9.17, 15) is 14.7 Å². The molecular formula is C21H30N2O5. The van der Waals surface area contributed by atoms with Gasteiger partial charge in [-0.3, -0.25) is 14.5 Å². The third-order valence-electron chi connectivity index (χ3n) is 6.85. The summed E-state index contributed by atoms with van der Waals surface area (Å²) in [4.78, 5) is 28.8. The number of amides is 1. The molecule has 154 valence electrons. The van der Waals surface area contributed by atoms with E-state index in [1.807, 2.05) is 6.07 Å². The van der Waals surface area contributed by atoms with E-state index in [4.69, 9.17) is 9.15 Å². The molecule has 1 unspecified atom stereocenters. The van der Waals surface area contributed by atoms with Gasteiger partial charge in [0.25, 0.3) is 5.91 Å². The van der Waals surface area contributed by atoms with Crippen LogP contribution in [-0.2, 0) is 16.1 Å². The quantitative estimate of drug-likeness (QED) is 0.850. The number of carboxylic acid groups (broad SMARTS) is 1. The van der Waals surface area contributed by atoms with Crippen LogP contribution in [0.2, 0.25) is 0 Å². The average molecular weight is 390 g/mol. The molecule has 1 N–H and O–H groups in total. The van der Waals surface area contributed by atoms with E-state index in [0.717, 1.165) is 31.3 Å². The zero-order valence-electron chi connectivity index (χ0n) is 16.6. The molecule has 0 bridgehead atoms. The lowest BCUT2D eigenvalue weighted by Gasteiger charge is -2.35. The number of nitrogens with zero attached hydrogens (tertiary/aromatic N) is 2. The fourth-order valence-electron chi connectivity index (χ4n) is 4.92. The second kappa shape index (κ2) is 7.87. The van der Waals surface area contributed by atoms with Gasteiger partial charge in [-0.25, -0.2) is 0 Å². The first-order valence-corrected chi connectivity index (χ1v) is 10.4. The number of rotatable bonds is 4. The van der Waals surface area contributed by atoms with Crippen LogP contribution in [0, 0.1) is 17.3 Å². The van der Waals surface area contributed by atoms with Crippen molar-refractivity contribution in [3.63, 3.8) is 0 Å². The Morgan fingerprint density at radius 1 is 1.21 bits per heavy atom. The smallest absolute Gasteiger partial charge is 0.308 e. The number of piperidine rings is 1.